The molecule has 2 rings (SSSR count). The van der Waals surface area contributed by atoms with Crippen molar-refractivity contribution in [1.29, 1.82) is 0 Å². The van der Waals surface area contributed by atoms with Gasteiger partial charge in [-0.25, -0.2) is 0 Å². The molecule has 0 aromatic heterocycles. The average molecular weight is 247 g/mol. The number of carbonyl (C=O) groups is 1. The minimum atomic E-state index is 0. The predicted molar refractivity (Wildman–Crippen MR) is 67.7 cm³/mol. The van der Waals surface area contributed by atoms with Crippen molar-refractivity contribution in [2.24, 2.45) is 17.8 Å². The molecule has 0 radical (unpaired) electrons. The first-order valence-electron chi connectivity index (χ1n) is 6.18. The van der Waals surface area contributed by atoms with E-state index in [1.165, 1.54) is 12.8 Å². The van der Waals surface area contributed by atoms with Crippen molar-refractivity contribution >= 4 is 18.3 Å². The van der Waals surface area contributed by atoms with E-state index in [0.717, 1.165) is 26.2 Å². The van der Waals surface area contributed by atoms with Gasteiger partial charge in [0.25, 0.3) is 0 Å². The van der Waals surface area contributed by atoms with Crippen LogP contribution in [0.5, 0.6) is 0 Å². The molecule has 1 amide bonds. The molecule has 2 atom stereocenters. The quantitative estimate of drug-likeness (QED) is 0.802. The lowest BCUT2D eigenvalue weighted by atomic mass is 9.87. The number of likely N-dealkylation sites (tertiary alicyclic amines) is 1. The summed E-state index contributed by atoms with van der Waals surface area (Å²) in [4.78, 5) is 14.3. The largest absolute Gasteiger partial charge is 0.342 e. The first kappa shape index (κ1) is 13.8. The molecule has 0 bridgehead atoms. The summed E-state index contributed by atoms with van der Waals surface area (Å²) in [6, 6.07) is 0. The van der Waals surface area contributed by atoms with Crippen LogP contribution in [0, 0.1) is 17.8 Å². The zero-order valence-corrected chi connectivity index (χ0v) is 11.1. The van der Waals surface area contributed by atoms with Gasteiger partial charge < -0.3 is 10.2 Å². The molecule has 2 saturated heterocycles. The lowest BCUT2D eigenvalue weighted by Crippen LogP contribution is -2.51. The molecule has 3 nitrogen and oxygen atoms in total. The van der Waals surface area contributed by atoms with Gasteiger partial charge in [0, 0.05) is 19.0 Å². The average Bonchev–Trinajstić information content (AvgIpc) is 2.14. The standard InChI is InChI=1S/C12H22N2O.ClH/c1-9-4-3-5-14(8-9)12(15)10(2)11-6-13-7-11;/h9-11,13H,3-8H2,1-2H3;1H. The molecule has 0 aromatic rings. The molecule has 94 valence electrons. The smallest absolute Gasteiger partial charge is 0.225 e. The predicted octanol–water partition coefficient (Wildman–Crippen LogP) is 1.52. The maximum atomic E-state index is 12.2. The van der Waals surface area contributed by atoms with Crippen molar-refractivity contribution in [3.8, 4) is 0 Å². The van der Waals surface area contributed by atoms with Crippen molar-refractivity contribution in [2.45, 2.75) is 26.7 Å². The Hall–Kier alpha value is -0.280. The van der Waals surface area contributed by atoms with Crippen LogP contribution in [0.15, 0.2) is 0 Å². The molecule has 0 spiro atoms. The highest BCUT2D eigenvalue weighted by Gasteiger charge is 2.32. The number of hydrogen-bond acceptors (Lipinski definition) is 2. The molecule has 2 aliphatic rings. The van der Waals surface area contributed by atoms with Crippen molar-refractivity contribution in [3.05, 3.63) is 0 Å². The zero-order chi connectivity index (χ0) is 10.8. The van der Waals surface area contributed by atoms with Crippen molar-refractivity contribution in [3.63, 3.8) is 0 Å². The van der Waals surface area contributed by atoms with Gasteiger partial charge in [0.05, 0.1) is 0 Å². The van der Waals surface area contributed by atoms with Crippen molar-refractivity contribution in [1.82, 2.24) is 10.2 Å². The Morgan fingerprint density at radius 3 is 2.62 bits per heavy atom. The Balaban J connectivity index is 0.00000128. The summed E-state index contributed by atoms with van der Waals surface area (Å²) < 4.78 is 0. The highest BCUT2D eigenvalue weighted by Crippen LogP contribution is 2.22. The number of nitrogens with zero attached hydrogens (tertiary/aromatic N) is 1. The van der Waals surface area contributed by atoms with Gasteiger partial charge in [-0.15, -0.1) is 12.4 Å². The molecule has 2 unspecified atom stereocenters. The second-order valence-corrected chi connectivity index (χ2v) is 5.24. The van der Waals surface area contributed by atoms with Crippen LogP contribution < -0.4 is 5.32 Å². The van der Waals surface area contributed by atoms with E-state index in [4.69, 9.17) is 0 Å². The molecule has 16 heavy (non-hydrogen) atoms. The van der Waals surface area contributed by atoms with E-state index >= 15 is 0 Å². The number of nitrogens with one attached hydrogen (secondary N) is 1. The topological polar surface area (TPSA) is 32.3 Å². The lowest BCUT2D eigenvalue weighted by molar-refractivity contribution is -0.139. The van der Waals surface area contributed by atoms with Gasteiger partial charge in [0.2, 0.25) is 5.91 Å². The Kier molecular flexibility index (Phi) is 5.06. The molecular formula is C12H23ClN2O. The second kappa shape index (κ2) is 5.87. The van der Waals surface area contributed by atoms with E-state index in [9.17, 15) is 4.79 Å². The van der Waals surface area contributed by atoms with Gasteiger partial charge in [0.15, 0.2) is 0 Å². The maximum absolute atomic E-state index is 12.2. The summed E-state index contributed by atoms with van der Waals surface area (Å²) in [5.41, 5.74) is 0. The molecule has 0 aromatic carbocycles. The van der Waals surface area contributed by atoms with Gasteiger partial charge in [-0.05, 0) is 37.8 Å². The van der Waals surface area contributed by atoms with E-state index in [2.05, 4.69) is 24.1 Å². The third-order valence-electron chi connectivity index (χ3n) is 3.88. The molecule has 2 aliphatic heterocycles. The van der Waals surface area contributed by atoms with E-state index < -0.39 is 0 Å². The van der Waals surface area contributed by atoms with Gasteiger partial charge in [0.1, 0.15) is 0 Å². The Bertz CT molecular complexity index is 243. The highest BCUT2D eigenvalue weighted by atomic mass is 35.5. The number of amides is 1. The normalized spacial score (nSPS) is 27.9. The molecule has 2 fully saturated rings. The van der Waals surface area contributed by atoms with Gasteiger partial charge in [-0.3, -0.25) is 4.79 Å². The fourth-order valence-electron chi connectivity index (χ4n) is 2.54. The second-order valence-electron chi connectivity index (χ2n) is 5.24. The minimum Gasteiger partial charge on any atom is -0.342 e. The fraction of sp³-hybridized carbons (Fsp3) is 0.917. The first-order chi connectivity index (χ1) is 7.18. The Morgan fingerprint density at radius 1 is 1.44 bits per heavy atom. The third kappa shape index (κ3) is 2.89. The van der Waals surface area contributed by atoms with Crippen LogP contribution in [-0.4, -0.2) is 37.0 Å². The third-order valence-corrected chi connectivity index (χ3v) is 3.88. The molecule has 0 aliphatic carbocycles. The zero-order valence-electron chi connectivity index (χ0n) is 10.2. The summed E-state index contributed by atoms with van der Waals surface area (Å²) in [6.07, 6.45) is 2.46. The first-order valence-corrected chi connectivity index (χ1v) is 6.18. The van der Waals surface area contributed by atoms with Gasteiger partial charge in [-0.2, -0.15) is 0 Å². The SMILES string of the molecule is CC1CCCN(C(=O)C(C)C2CNC2)C1.Cl. The Labute approximate surface area is 104 Å². The van der Waals surface area contributed by atoms with Crippen LogP contribution in [0.3, 0.4) is 0 Å². The van der Waals surface area contributed by atoms with Crippen LogP contribution in [0.1, 0.15) is 26.7 Å². The van der Waals surface area contributed by atoms with Crippen molar-refractivity contribution in [2.75, 3.05) is 26.2 Å². The fourth-order valence-corrected chi connectivity index (χ4v) is 2.54. The van der Waals surface area contributed by atoms with Gasteiger partial charge >= 0.3 is 0 Å². The highest BCUT2D eigenvalue weighted by molar-refractivity contribution is 5.85. The number of halogens is 1. The number of rotatable bonds is 2. The number of hydrogen-bond donors (Lipinski definition) is 1. The molecule has 1 N–H and O–H groups in total. The number of carbonyl (C=O) groups excluding carboxylic acids is 1. The molecule has 2 heterocycles. The maximum Gasteiger partial charge on any atom is 0.225 e. The van der Waals surface area contributed by atoms with Gasteiger partial charge in [-0.1, -0.05) is 13.8 Å². The van der Waals surface area contributed by atoms with Crippen LogP contribution >= 0.6 is 12.4 Å². The van der Waals surface area contributed by atoms with E-state index in [1.807, 2.05) is 0 Å². The Morgan fingerprint density at radius 2 is 2.12 bits per heavy atom. The van der Waals surface area contributed by atoms with E-state index in [1.54, 1.807) is 0 Å². The molecular weight excluding hydrogens is 224 g/mol. The summed E-state index contributed by atoms with van der Waals surface area (Å²) in [6.45, 7) is 8.34. The monoisotopic (exact) mass is 246 g/mol. The van der Waals surface area contributed by atoms with Crippen molar-refractivity contribution < 1.29 is 4.79 Å². The molecule has 4 heteroatoms. The summed E-state index contributed by atoms with van der Waals surface area (Å²) >= 11 is 0. The van der Waals surface area contributed by atoms with E-state index in [0.29, 0.717) is 17.7 Å². The summed E-state index contributed by atoms with van der Waals surface area (Å²) in [5, 5.41) is 3.24. The minimum absolute atomic E-state index is 0. The van der Waals surface area contributed by atoms with Crippen LogP contribution in [0.4, 0.5) is 0 Å². The van der Waals surface area contributed by atoms with Crippen LogP contribution in [0.2, 0.25) is 0 Å². The lowest BCUT2D eigenvalue weighted by Gasteiger charge is -2.37. The summed E-state index contributed by atoms with van der Waals surface area (Å²) in [5.74, 6) is 1.87. The van der Waals surface area contributed by atoms with Crippen LogP contribution in [-0.2, 0) is 4.79 Å². The molecule has 0 saturated carbocycles. The number of piperidine rings is 1. The van der Waals surface area contributed by atoms with E-state index in [-0.39, 0.29) is 18.3 Å². The van der Waals surface area contributed by atoms with Crippen LogP contribution in [0.25, 0.3) is 0 Å². The summed E-state index contributed by atoms with van der Waals surface area (Å²) in [7, 11) is 0.